The summed E-state index contributed by atoms with van der Waals surface area (Å²) in [6, 6.07) is 5.01. The standard InChI is InChI=1S/C13H10BrN3O4/c1-6-5-8(7(2)19-6)11(18)15-13-17-16-12(21-13)9-3-4-10(14)20-9/h3-5H,1-2H3,(H,15,17,18). The fourth-order valence-corrected chi connectivity index (χ4v) is 2.13. The van der Waals surface area contributed by atoms with Crippen LogP contribution in [-0.2, 0) is 0 Å². The van der Waals surface area contributed by atoms with E-state index in [0.29, 0.717) is 27.5 Å². The van der Waals surface area contributed by atoms with E-state index in [2.05, 4.69) is 31.4 Å². The molecule has 0 aliphatic heterocycles. The Balaban J connectivity index is 1.78. The van der Waals surface area contributed by atoms with Crippen LogP contribution in [0.1, 0.15) is 21.9 Å². The summed E-state index contributed by atoms with van der Waals surface area (Å²) in [5.41, 5.74) is 0.424. The van der Waals surface area contributed by atoms with Crippen molar-refractivity contribution in [3.8, 4) is 11.7 Å². The molecule has 7 nitrogen and oxygen atoms in total. The summed E-state index contributed by atoms with van der Waals surface area (Å²) in [4.78, 5) is 12.1. The number of hydrogen-bond acceptors (Lipinski definition) is 6. The van der Waals surface area contributed by atoms with Crippen molar-refractivity contribution in [2.75, 3.05) is 5.32 Å². The molecule has 108 valence electrons. The average Bonchev–Trinajstić information content (AvgIpc) is 3.10. The number of anilines is 1. The maximum absolute atomic E-state index is 12.1. The lowest BCUT2D eigenvalue weighted by Crippen LogP contribution is -2.12. The first-order valence-corrected chi connectivity index (χ1v) is 6.80. The lowest BCUT2D eigenvalue weighted by atomic mass is 10.2. The zero-order chi connectivity index (χ0) is 15.0. The normalized spacial score (nSPS) is 10.8. The van der Waals surface area contributed by atoms with E-state index in [9.17, 15) is 4.79 Å². The highest BCUT2D eigenvalue weighted by Gasteiger charge is 2.18. The zero-order valence-corrected chi connectivity index (χ0v) is 12.7. The van der Waals surface area contributed by atoms with Crippen molar-refractivity contribution in [1.29, 1.82) is 0 Å². The fourth-order valence-electron chi connectivity index (χ4n) is 1.82. The van der Waals surface area contributed by atoms with Gasteiger partial charge in [0, 0.05) is 0 Å². The van der Waals surface area contributed by atoms with E-state index in [0.717, 1.165) is 0 Å². The second-order valence-corrected chi connectivity index (χ2v) is 5.08. The first kappa shape index (κ1) is 13.6. The number of halogens is 1. The van der Waals surface area contributed by atoms with E-state index in [1.54, 1.807) is 32.0 Å². The quantitative estimate of drug-likeness (QED) is 0.775. The summed E-state index contributed by atoms with van der Waals surface area (Å²) < 4.78 is 16.5. The summed E-state index contributed by atoms with van der Waals surface area (Å²) in [5, 5.41) is 10.1. The second kappa shape index (κ2) is 5.21. The van der Waals surface area contributed by atoms with Crippen LogP contribution in [0.4, 0.5) is 6.01 Å². The van der Waals surface area contributed by atoms with Crippen LogP contribution in [0.2, 0.25) is 0 Å². The van der Waals surface area contributed by atoms with Gasteiger partial charge in [-0.3, -0.25) is 10.1 Å². The van der Waals surface area contributed by atoms with Gasteiger partial charge < -0.3 is 13.3 Å². The van der Waals surface area contributed by atoms with Crippen molar-refractivity contribution in [2.24, 2.45) is 0 Å². The molecule has 0 aliphatic rings. The van der Waals surface area contributed by atoms with Gasteiger partial charge in [0.25, 0.3) is 11.8 Å². The summed E-state index contributed by atoms with van der Waals surface area (Å²) in [6.45, 7) is 3.48. The van der Waals surface area contributed by atoms with Crippen molar-refractivity contribution in [2.45, 2.75) is 13.8 Å². The monoisotopic (exact) mass is 351 g/mol. The minimum atomic E-state index is -0.375. The van der Waals surface area contributed by atoms with Crippen LogP contribution in [0.3, 0.4) is 0 Å². The number of nitrogens with zero attached hydrogens (tertiary/aromatic N) is 2. The Hall–Kier alpha value is -2.35. The highest BCUT2D eigenvalue weighted by molar-refractivity contribution is 9.10. The van der Waals surface area contributed by atoms with Crippen molar-refractivity contribution in [1.82, 2.24) is 10.2 Å². The number of carbonyl (C=O) groups is 1. The number of furan rings is 2. The van der Waals surface area contributed by atoms with Gasteiger partial charge in [-0.15, -0.1) is 5.10 Å². The molecular formula is C13H10BrN3O4. The lowest BCUT2D eigenvalue weighted by molar-refractivity contribution is 0.102. The third-order valence-electron chi connectivity index (χ3n) is 2.72. The van der Waals surface area contributed by atoms with Gasteiger partial charge in [-0.25, -0.2) is 0 Å². The number of nitrogens with one attached hydrogen (secondary N) is 1. The third kappa shape index (κ3) is 2.75. The zero-order valence-electron chi connectivity index (χ0n) is 11.1. The number of rotatable bonds is 3. The first-order chi connectivity index (χ1) is 10.0. The van der Waals surface area contributed by atoms with Gasteiger partial charge in [0.2, 0.25) is 0 Å². The molecule has 0 bridgehead atoms. The molecule has 0 unspecified atom stereocenters. The molecule has 0 aromatic carbocycles. The first-order valence-electron chi connectivity index (χ1n) is 6.00. The molecule has 3 heterocycles. The van der Waals surface area contributed by atoms with E-state index < -0.39 is 0 Å². The van der Waals surface area contributed by atoms with E-state index in [1.807, 2.05) is 0 Å². The highest BCUT2D eigenvalue weighted by atomic mass is 79.9. The van der Waals surface area contributed by atoms with Crippen molar-refractivity contribution in [3.63, 3.8) is 0 Å². The Labute approximate surface area is 127 Å². The van der Waals surface area contributed by atoms with Gasteiger partial charge in [-0.05, 0) is 48.0 Å². The van der Waals surface area contributed by atoms with Crippen molar-refractivity contribution >= 4 is 27.9 Å². The molecule has 0 fully saturated rings. The summed E-state index contributed by atoms with van der Waals surface area (Å²) in [7, 11) is 0. The molecule has 21 heavy (non-hydrogen) atoms. The minimum Gasteiger partial charge on any atom is -0.466 e. The summed E-state index contributed by atoms with van der Waals surface area (Å²) in [6.07, 6.45) is 0. The Morgan fingerprint density at radius 1 is 1.19 bits per heavy atom. The van der Waals surface area contributed by atoms with Crippen LogP contribution < -0.4 is 5.32 Å². The smallest absolute Gasteiger partial charge is 0.322 e. The Kier molecular flexibility index (Phi) is 3.38. The van der Waals surface area contributed by atoms with Gasteiger partial charge in [-0.2, -0.15) is 0 Å². The molecule has 0 radical (unpaired) electrons. The maximum Gasteiger partial charge on any atom is 0.322 e. The Morgan fingerprint density at radius 3 is 2.62 bits per heavy atom. The van der Waals surface area contributed by atoms with Gasteiger partial charge >= 0.3 is 6.01 Å². The van der Waals surface area contributed by atoms with Crippen LogP contribution in [0.15, 0.2) is 36.1 Å². The topological polar surface area (TPSA) is 94.3 Å². The maximum atomic E-state index is 12.1. The van der Waals surface area contributed by atoms with Gasteiger partial charge in [0.1, 0.15) is 11.5 Å². The fraction of sp³-hybridized carbons (Fsp3) is 0.154. The second-order valence-electron chi connectivity index (χ2n) is 4.30. The predicted octanol–water partition coefficient (Wildman–Crippen LogP) is 3.55. The molecule has 1 N–H and O–H groups in total. The molecule has 3 aromatic heterocycles. The number of carbonyl (C=O) groups excluding carboxylic acids is 1. The van der Waals surface area contributed by atoms with E-state index in [4.69, 9.17) is 13.3 Å². The molecule has 8 heteroatoms. The number of aryl methyl sites for hydroxylation is 2. The molecule has 0 aliphatic carbocycles. The third-order valence-corrected chi connectivity index (χ3v) is 3.14. The molecule has 0 saturated heterocycles. The van der Waals surface area contributed by atoms with Crippen molar-refractivity contribution in [3.05, 3.63) is 40.0 Å². The van der Waals surface area contributed by atoms with Gasteiger partial charge in [0.15, 0.2) is 10.4 Å². The van der Waals surface area contributed by atoms with E-state index in [1.165, 1.54) is 0 Å². The molecule has 1 amide bonds. The van der Waals surface area contributed by atoms with E-state index in [-0.39, 0.29) is 17.8 Å². The van der Waals surface area contributed by atoms with Crippen LogP contribution >= 0.6 is 15.9 Å². The van der Waals surface area contributed by atoms with Gasteiger partial charge in [0.05, 0.1) is 5.56 Å². The predicted molar refractivity (Wildman–Crippen MR) is 75.8 cm³/mol. The molecule has 0 spiro atoms. The lowest BCUT2D eigenvalue weighted by Gasteiger charge is -1.97. The Bertz CT molecular complexity index is 802. The number of amides is 1. The van der Waals surface area contributed by atoms with Gasteiger partial charge in [-0.1, -0.05) is 5.10 Å². The molecule has 0 atom stereocenters. The summed E-state index contributed by atoms with van der Waals surface area (Å²) >= 11 is 3.18. The van der Waals surface area contributed by atoms with Crippen molar-refractivity contribution < 1.29 is 18.0 Å². The van der Waals surface area contributed by atoms with Crippen LogP contribution in [0.5, 0.6) is 0 Å². The minimum absolute atomic E-state index is 0.0132. The highest BCUT2D eigenvalue weighted by Crippen LogP contribution is 2.25. The molecule has 3 aromatic rings. The van der Waals surface area contributed by atoms with Crippen LogP contribution in [0.25, 0.3) is 11.7 Å². The largest absolute Gasteiger partial charge is 0.466 e. The summed E-state index contributed by atoms with van der Waals surface area (Å²) in [5.74, 6) is 1.39. The Morgan fingerprint density at radius 2 is 2.00 bits per heavy atom. The number of aromatic nitrogens is 2. The van der Waals surface area contributed by atoms with Crippen LogP contribution in [-0.4, -0.2) is 16.1 Å². The van der Waals surface area contributed by atoms with E-state index >= 15 is 0 Å². The molecule has 3 rings (SSSR count). The van der Waals surface area contributed by atoms with Crippen LogP contribution in [0, 0.1) is 13.8 Å². The molecule has 0 saturated carbocycles. The average molecular weight is 352 g/mol. The molecular weight excluding hydrogens is 342 g/mol. The SMILES string of the molecule is Cc1cc(C(=O)Nc2nnc(-c3ccc(Br)o3)o2)c(C)o1. The number of hydrogen-bond donors (Lipinski definition) is 1.